The summed E-state index contributed by atoms with van der Waals surface area (Å²) in [5, 5.41) is 12.2. The summed E-state index contributed by atoms with van der Waals surface area (Å²) in [6, 6.07) is 5.26. The smallest absolute Gasteiger partial charge is 0.337 e. The molecule has 1 aromatic carbocycles. The van der Waals surface area contributed by atoms with Gasteiger partial charge in [0.15, 0.2) is 0 Å². The number of likely N-dealkylation sites (N-methyl/N-ethyl adjacent to an activating group) is 1. The van der Waals surface area contributed by atoms with E-state index >= 15 is 0 Å². The standard InChI is InChI=1S/C16H21N3O3/c1-18-6-8-19(9-7-18)12-4-5-14(13(10-12)16(21)22)17-15(20)11-2-3-11/h4-5,10-11H,2-3,6-9H2,1H3,(H,17,20)(H,21,22). The maximum Gasteiger partial charge on any atom is 0.337 e. The number of carbonyl (C=O) groups excluding carboxylic acids is 1. The number of hydrogen-bond donors (Lipinski definition) is 2. The van der Waals surface area contributed by atoms with Gasteiger partial charge in [-0.05, 0) is 38.1 Å². The molecule has 1 saturated carbocycles. The van der Waals surface area contributed by atoms with Gasteiger partial charge < -0.3 is 20.2 Å². The number of hydrogen-bond acceptors (Lipinski definition) is 4. The zero-order valence-electron chi connectivity index (χ0n) is 12.7. The molecule has 1 amide bonds. The number of benzene rings is 1. The van der Waals surface area contributed by atoms with Crippen LogP contribution in [0.1, 0.15) is 23.2 Å². The van der Waals surface area contributed by atoms with Crippen LogP contribution in [0.5, 0.6) is 0 Å². The molecule has 1 aliphatic carbocycles. The Morgan fingerprint density at radius 3 is 2.45 bits per heavy atom. The third-order valence-corrected chi connectivity index (χ3v) is 4.31. The zero-order valence-corrected chi connectivity index (χ0v) is 12.7. The third-order valence-electron chi connectivity index (χ3n) is 4.31. The van der Waals surface area contributed by atoms with E-state index in [9.17, 15) is 14.7 Å². The topological polar surface area (TPSA) is 72.9 Å². The average molecular weight is 303 g/mol. The molecule has 6 heteroatoms. The van der Waals surface area contributed by atoms with Gasteiger partial charge in [-0.1, -0.05) is 0 Å². The molecule has 0 unspecified atom stereocenters. The molecule has 0 radical (unpaired) electrons. The molecule has 6 nitrogen and oxygen atoms in total. The van der Waals surface area contributed by atoms with Crippen molar-refractivity contribution in [1.82, 2.24) is 4.90 Å². The van der Waals surface area contributed by atoms with Crippen LogP contribution >= 0.6 is 0 Å². The molecule has 1 aliphatic heterocycles. The molecule has 0 spiro atoms. The van der Waals surface area contributed by atoms with Gasteiger partial charge in [-0.2, -0.15) is 0 Å². The first-order chi connectivity index (χ1) is 10.5. The molecular weight excluding hydrogens is 282 g/mol. The van der Waals surface area contributed by atoms with Gasteiger partial charge in [-0.15, -0.1) is 0 Å². The van der Waals surface area contributed by atoms with Gasteiger partial charge in [0, 0.05) is 37.8 Å². The van der Waals surface area contributed by atoms with Gasteiger partial charge >= 0.3 is 5.97 Å². The first kappa shape index (κ1) is 14.8. The largest absolute Gasteiger partial charge is 0.478 e. The van der Waals surface area contributed by atoms with Crippen molar-refractivity contribution in [3.8, 4) is 0 Å². The fourth-order valence-corrected chi connectivity index (χ4v) is 2.66. The second kappa shape index (κ2) is 5.96. The third kappa shape index (κ3) is 3.22. The molecule has 0 atom stereocenters. The van der Waals surface area contributed by atoms with Crippen molar-refractivity contribution in [3.05, 3.63) is 23.8 Å². The maximum atomic E-state index is 11.9. The molecule has 1 aromatic rings. The summed E-state index contributed by atoms with van der Waals surface area (Å²) in [6.07, 6.45) is 1.79. The van der Waals surface area contributed by atoms with Gasteiger partial charge in [0.05, 0.1) is 11.3 Å². The fourth-order valence-electron chi connectivity index (χ4n) is 2.66. The number of nitrogens with zero attached hydrogens (tertiary/aromatic N) is 2. The van der Waals surface area contributed by atoms with Crippen LogP contribution in [0.2, 0.25) is 0 Å². The van der Waals surface area contributed by atoms with Gasteiger partial charge in [0.1, 0.15) is 0 Å². The van der Waals surface area contributed by atoms with Gasteiger partial charge in [0.2, 0.25) is 5.91 Å². The highest BCUT2D eigenvalue weighted by molar-refractivity contribution is 6.02. The Labute approximate surface area is 129 Å². The number of aromatic carboxylic acids is 1. The van der Waals surface area contributed by atoms with Crippen molar-refractivity contribution < 1.29 is 14.7 Å². The number of carboxylic acids is 1. The molecular formula is C16H21N3O3. The lowest BCUT2D eigenvalue weighted by Gasteiger charge is -2.34. The number of anilines is 2. The molecule has 2 N–H and O–H groups in total. The number of carbonyl (C=O) groups is 2. The Balaban J connectivity index is 1.80. The Kier molecular flexibility index (Phi) is 4.02. The predicted octanol–water partition coefficient (Wildman–Crippen LogP) is 1.49. The van der Waals surface area contributed by atoms with Crippen molar-refractivity contribution in [2.24, 2.45) is 5.92 Å². The minimum absolute atomic E-state index is 0.0546. The van der Waals surface area contributed by atoms with E-state index in [1.54, 1.807) is 12.1 Å². The molecule has 1 heterocycles. The van der Waals surface area contributed by atoms with Crippen LogP contribution in [0.15, 0.2) is 18.2 Å². The predicted molar refractivity (Wildman–Crippen MR) is 84.5 cm³/mol. The van der Waals surface area contributed by atoms with Gasteiger partial charge in [-0.25, -0.2) is 4.79 Å². The van der Waals surface area contributed by atoms with Crippen LogP contribution in [0, 0.1) is 5.92 Å². The summed E-state index contributed by atoms with van der Waals surface area (Å²) in [7, 11) is 2.08. The van der Waals surface area contributed by atoms with Crippen molar-refractivity contribution in [1.29, 1.82) is 0 Å². The van der Waals surface area contributed by atoms with E-state index in [-0.39, 0.29) is 17.4 Å². The second-order valence-corrected chi connectivity index (χ2v) is 6.09. The fraction of sp³-hybridized carbons (Fsp3) is 0.500. The van der Waals surface area contributed by atoms with E-state index in [0.717, 1.165) is 44.7 Å². The molecule has 2 aliphatic rings. The van der Waals surface area contributed by atoms with Crippen LogP contribution in [0.3, 0.4) is 0 Å². The van der Waals surface area contributed by atoms with E-state index in [4.69, 9.17) is 0 Å². The SMILES string of the molecule is CN1CCN(c2ccc(NC(=O)C3CC3)c(C(=O)O)c2)CC1. The Morgan fingerprint density at radius 2 is 1.86 bits per heavy atom. The van der Waals surface area contributed by atoms with Gasteiger partial charge in [0.25, 0.3) is 0 Å². The van der Waals surface area contributed by atoms with Crippen molar-refractivity contribution in [2.45, 2.75) is 12.8 Å². The van der Waals surface area contributed by atoms with E-state index in [0.29, 0.717) is 5.69 Å². The Hall–Kier alpha value is -2.08. The summed E-state index contributed by atoms with van der Waals surface area (Å²) in [6.45, 7) is 3.68. The highest BCUT2D eigenvalue weighted by Crippen LogP contribution is 2.31. The quantitative estimate of drug-likeness (QED) is 0.881. The second-order valence-electron chi connectivity index (χ2n) is 6.09. The first-order valence-electron chi connectivity index (χ1n) is 7.66. The molecule has 2 fully saturated rings. The summed E-state index contributed by atoms with van der Waals surface area (Å²) >= 11 is 0. The minimum atomic E-state index is -1.01. The number of carboxylic acid groups (broad SMARTS) is 1. The van der Waals surface area contributed by atoms with Crippen LogP contribution in [0.4, 0.5) is 11.4 Å². The van der Waals surface area contributed by atoms with E-state index < -0.39 is 5.97 Å². The highest BCUT2D eigenvalue weighted by atomic mass is 16.4. The van der Waals surface area contributed by atoms with Crippen LogP contribution in [-0.4, -0.2) is 55.1 Å². The zero-order chi connectivity index (χ0) is 15.7. The Morgan fingerprint density at radius 1 is 1.18 bits per heavy atom. The van der Waals surface area contributed by atoms with Crippen molar-refractivity contribution in [3.63, 3.8) is 0 Å². The monoisotopic (exact) mass is 303 g/mol. The summed E-state index contributed by atoms with van der Waals surface area (Å²) in [4.78, 5) is 27.8. The number of rotatable bonds is 4. The molecule has 1 saturated heterocycles. The minimum Gasteiger partial charge on any atom is -0.478 e. The van der Waals surface area contributed by atoms with Gasteiger partial charge in [-0.3, -0.25) is 4.79 Å². The van der Waals surface area contributed by atoms with Crippen molar-refractivity contribution in [2.75, 3.05) is 43.4 Å². The lowest BCUT2D eigenvalue weighted by atomic mass is 10.1. The van der Waals surface area contributed by atoms with Crippen LogP contribution < -0.4 is 10.2 Å². The lowest BCUT2D eigenvalue weighted by Crippen LogP contribution is -2.44. The number of nitrogens with one attached hydrogen (secondary N) is 1. The summed E-state index contributed by atoms with van der Waals surface area (Å²) < 4.78 is 0. The van der Waals surface area contributed by atoms with Crippen LogP contribution in [0.25, 0.3) is 0 Å². The molecule has 22 heavy (non-hydrogen) atoms. The molecule has 0 aromatic heterocycles. The highest BCUT2D eigenvalue weighted by Gasteiger charge is 2.30. The molecule has 3 rings (SSSR count). The molecule has 118 valence electrons. The van der Waals surface area contributed by atoms with Crippen molar-refractivity contribution >= 4 is 23.3 Å². The lowest BCUT2D eigenvalue weighted by molar-refractivity contribution is -0.117. The normalized spacial score (nSPS) is 19.0. The number of amides is 1. The number of piperazine rings is 1. The van der Waals surface area contributed by atoms with E-state index in [1.165, 1.54) is 0 Å². The van der Waals surface area contributed by atoms with E-state index in [2.05, 4.69) is 22.2 Å². The summed E-state index contributed by atoms with van der Waals surface area (Å²) in [5.74, 6) is -1.03. The Bertz CT molecular complexity index is 590. The molecule has 0 bridgehead atoms. The van der Waals surface area contributed by atoms with Crippen LogP contribution in [-0.2, 0) is 4.79 Å². The summed E-state index contributed by atoms with van der Waals surface area (Å²) in [5.41, 5.74) is 1.45. The van der Waals surface area contributed by atoms with E-state index in [1.807, 2.05) is 6.07 Å². The average Bonchev–Trinajstić information content (AvgIpc) is 3.33. The first-order valence-corrected chi connectivity index (χ1v) is 7.66. The maximum absolute atomic E-state index is 11.9.